The van der Waals surface area contributed by atoms with Gasteiger partial charge in [-0.25, -0.2) is 0 Å². The van der Waals surface area contributed by atoms with Crippen LogP contribution in [-0.4, -0.2) is 54.0 Å². The van der Waals surface area contributed by atoms with Crippen LogP contribution in [0.2, 0.25) is 0 Å². The Labute approximate surface area is 181 Å². The molecule has 0 aromatic heterocycles. The van der Waals surface area contributed by atoms with Crippen LogP contribution in [0.5, 0.6) is 0 Å². The highest BCUT2D eigenvalue weighted by Gasteiger charge is 2.48. The van der Waals surface area contributed by atoms with Crippen molar-refractivity contribution in [2.75, 3.05) is 19.7 Å². The summed E-state index contributed by atoms with van der Waals surface area (Å²) >= 11 is 0. The monoisotopic (exact) mass is 426 g/mol. The van der Waals surface area contributed by atoms with E-state index in [9.17, 15) is 14.4 Å². The minimum absolute atomic E-state index is 0.0912. The van der Waals surface area contributed by atoms with E-state index in [1.54, 1.807) is 4.90 Å². The summed E-state index contributed by atoms with van der Waals surface area (Å²) in [5.41, 5.74) is 8.68. The number of benzene rings is 1. The first-order valence-electron chi connectivity index (χ1n) is 11.2. The molecule has 0 spiro atoms. The Kier molecular flexibility index (Phi) is 5.11. The Morgan fingerprint density at radius 3 is 2.68 bits per heavy atom. The van der Waals surface area contributed by atoms with Crippen LogP contribution in [0.4, 0.5) is 0 Å². The third-order valence-electron chi connectivity index (χ3n) is 7.71. The summed E-state index contributed by atoms with van der Waals surface area (Å²) in [4.78, 5) is 38.2. The molecule has 4 aliphatic heterocycles. The second-order valence-corrected chi connectivity index (χ2v) is 9.67. The number of piperidine rings is 1. The van der Waals surface area contributed by atoms with Crippen molar-refractivity contribution in [3.05, 3.63) is 34.9 Å². The number of nitrogens with two attached hydrogens (primary N) is 1. The first kappa shape index (κ1) is 20.6. The number of rotatable bonds is 6. The van der Waals surface area contributed by atoms with Crippen molar-refractivity contribution < 1.29 is 19.1 Å². The molecule has 31 heavy (non-hydrogen) atoms. The fourth-order valence-electron chi connectivity index (χ4n) is 5.47. The van der Waals surface area contributed by atoms with Gasteiger partial charge >= 0.3 is 0 Å². The van der Waals surface area contributed by atoms with E-state index in [0.29, 0.717) is 31.6 Å². The summed E-state index contributed by atoms with van der Waals surface area (Å²) in [5, 5.41) is 5.87. The van der Waals surface area contributed by atoms with Crippen molar-refractivity contribution in [1.29, 1.82) is 0 Å². The Bertz CT molecular complexity index is 906. The van der Waals surface area contributed by atoms with Crippen LogP contribution in [0.15, 0.2) is 18.2 Å². The van der Waals surface area contributed by atoms with Gasteiger partial charge in [0.1, 0.15) is 6.04 Å². The molecule has 3 saturated heterocycles. The minimum Gasteiger partial charge on any atom is -0.373 e. The van der Waals surface area contributed by atoms with Gasteiger partial charge in [0.05, 0.1) is 12.2 Å². The lowest BCUT2D eigenvalue weighted by molar-refractivity contribution is -0.177. The minimum atomic E-state index is -0.575. The van der Waals surface area contributed by atoms with Crippen LogP contribution >= 0.6 is 0 Å². The van der Waals surface area contributed by atoms with Crippen LogP contribution in [0.3, 0.4) is 0 Å². The number of ether oxygens (including phenoxy) is 1. The predicted molar refractivity (Wildman–Crippen MR) is 113 cm³/mol. The molecule has 1 atom stereocenters. The number of nitrogens with zero attached hydrogens (tertiary/aromatic N) is 1. The van der Waals surface area contributed by atoms with Gasteiger partial charge in [0, 0.05) is 43.6 Å². The normalized spacial score (nSPS) is 32.4. The van der Waals surface area contributed by atoms with Crippen LogP contribution in [0.25, 0.3) is 0 Å². The van der Waals surface area contributed by atoms with Gasteiger partial charge in [-0.2, -0.15) is 0 Å². The van der Waals surface area contributed by atoms with Gasteiger partial charge in [0.15, 0.2) is 0 Å². The summed E-state index contributed by atoms with van der Waals surface area (Å²) < 4.78 is 6.22. The fraction of sp³-hybridized carbons (Fsp3) is 0.609. The molecule has 166 valence electrons. The lowest BCUT2D eigenvalue weighted by Crippen LogP contribution is -2.57. The van der Waals surface area contributed by atoms with Crippen LogP contribution < -0.4 is 16.4 Å². The second kappa shape index (κ2) is 7.69. The summed E-state index contributed by atoms with van der Waals surface area (Å²) in [7, 11) is 0. The van der Waals surface area contributed by atoms with E-state index in [-0.39, 0.29) is 35.2 Å². The average molecular weight is 427 g/mol. The Morgan fingerprint density at radius 1 is 1.19 bits per heavy atom. The summed E-state index contributed by atoms with van der Waals surface area (Å²) in [6.45, 7) is 3.32. The molecule has 6 rings (SSSR count). The Balaban J connectivity index is 1.20. The lowest BCUT2D eigenvalue weighted by atomic mass is 9.66. The number of nitrogens with one attached hydrogen (secondary N) is 2. The van der Waals surface area contributed by atoms with Gasteiger partial charge in [-0.15, -0.1) is 0 Å². The zero-order chi connectivity index (χ0) is 21.6. The van der Waals surface area contributed by atoms with Gasteiger partial charge in [-0.1, -0.05) is 12.1 Å². The molecule has 0 radical (unpaired) electrons. The number of hydrogen-bond donors (Lipinski definition) is 3. The number of fused-ring (bicyclic) bond motifs is 4. The molecule has 2 bridgehead atoms. The predicted octanol–water partition coefficient (Wildman–Crippen LogP) is 0.825. The molecule has 1 saturated carbocycles. The number of carbonyl (C=O) groups is 3. The largest absolute Gasteiger partial charge is 0.373 e. The molecular formula is C23H30N4O4. The zero-order valence-corrected chi connectivity index (χ0v) is 17.7. The van der Waals surface area contributed by atoms with E-state index >= 15 is 0 Å². The molecule has 4 fully saturated rings. The highest BCUT2D eigenvalue weighted by Crippen LogP contribution is 2.48. The maximum absolute atomic E-state index is 13.0. The van der Waals surface area contributed by atoms with E-state index in [1.165, 1.54) is 0 Å². The quantitative estimate of drug-likeness (QED) is 0.581. The standard InChI is InChI=1S/C23H30N4O4/c24-12-22-5-7-23(8-6-22,31-14-22)13-25-10-15-1-2-16-11-27(21(30)17(16)9-15)18-3-4-19(28)26-20(18)29/h1-2,9,18,25H,3-8,10-14,24H2,(H,26,28,29). The maximum atomic E-state index is 13.0. The van der Waals surface area contributed by atoms with E-state index in [1.807, 2.05) is 18.2 Å². The van der Waals surface area contributed by atoms with Crippen molar-refractivity contribution in [1.82, 2.24) is 15.5 Å². The summed E-state index contributed by atoms with van der Waals surface area (Å²) in [6.07, 6.45) is 5.00. The lowest BCUT2D eigenvalue weighted by Gasteiger charge is -2.53. The number of amides is 3. The first-order chi connectivity index (χ1) is 14.9. The average Bonchev–Trinajstić information content (AvgIpc) is 3.11. The van der Waals surface area contributed by atoms with E-state index in [2.05, 4.69) is 10.6 Å². The van der Waals surface area contributed by atoms with E-state index < -0.39 is 6.04 Å². The maximum Gasteiger partial charge on any atom is 0.255 e. The van der Waals surface area contributed by atoms with Gasteiger partial charge < -0.3 is 20.7 Å². The van der Waals surface area contributed by atoms with Crippen molar-refractivity contribution in [3.63, 3.8) is 0 Å². The second-order valence-electron chi connectivity index (χ2n) is 9.67. The molecule has 1 unspecified atom stereocenters. The molecule has 1 aromatic carbocycles. The molecule has 5 aliphatic rings. The molecule has 1 aliphatic carbocycles. The van der Waals surface area contributed by atoms with E-state index in [4.69, 9.17) is 10.5 Å². The van der Waals surface area contributed by atoms with Gasteiger partial charge in [0.25, 0.3) is 5.91 Å². The molecule has 8 heteroatoms. The molecule has 4 heterocycles. The number of hydrogen-bond acceptors (Lipinski definition) is 6. The Morgan fingerprint density at radius 2 is 2.00 bits per heavy atom. The van der Waals surface area contributed by atoms with Gasteiger partial charge in [-0.3, -0.25) is 19.7 Å². The molecule has 8 nitrogen and oxygen atoms in total. The number of imide groups is 1. The summed E-state index contributed by atoms with van der Waals surface area (Å²) in [6, 6.07) is 5.36. The van der Waals surface area contributed by atoms with Crippen LogP contribution in [0, 0.1) is 5.41 Å². The summed E-state index contributed by atoms with van der Waals surface area (Å²) in [5.74, 6) is -0.782. The van der Waals surface area contributed by atoms with E-state index in [0.717, 1.165) is 50.0 Å². The van der Waals surface area contributed by atoms with Crippen LogP contribution in [0.1, 0.15) is 60.0 Å². The molecule has 4 N–H and O–H groups in total. The smallest absolute Gasteiger partial charge is 0.255 e. The number of carbonyl (C=O) groups excluding carboxylic acids is 3. The van der Waals surface area contributed by atoms with Crippen LogP contribution in [-0.2, 0) is 27.4 Å². The topological polar surface area (TPSA) is 114 Å². The molecular weight excluding hydrogens is 396 g/mol. The third kappa shape index (κ3) is 3.66. The Hall–Kier alpha value is -2.29. The fourth-order valence-corrected chi connectivity index (χ4v) is 5.47. The highest BCUT2D eigenvalue weighted by atomic mass is 16.5. The van der Waals surface area contributed by atoms with Gasteiger partial charge in [0.2, 0.25) is 11.8 Å². The molecule has 3 amide bonds. The molecule has 1 aromatic rings. The van der Waals surface area contributed by atoms with Crippen molar-refractivity contribution >= 4 is 17.7 Å². The highest BCUT2D eigenvalue weighted by molar-refractivity contribution is 6.05. The SMILES string of the molecule is NCC12CCC(CNCc3ccc4c(c3)C(=O)N(C3CCC(=O)NC3=O)C4)(CC1)OC2. The zero-order valence-electron chi connectivity index (χ0n) is 17.7. The van der Waals surface area contributed by atoms with Gasteiger partial charge in [-0.05, 0) is 49.3 Å². The van der Waals surface area contributed by atoms with Crippen molar-refractivity contribution in [3.8, 4) is 0 Å². The van der Waals surface area contributed by atoms with Crippen molar-refractivity contribution in [2.24, 2.45) is 11.1 Å². The first-order valence-corrected chi connectivity index (χ1v) is 11.2. The van der Waals surface area contributed by atoms with Crippen molar-refractivity contribution in [2.45, 2.75) is 63.3 Å². The third-order valence-corrected chi connectivity index (χ3v) is 7.71.